The molecule has 1 amide bonds. The monoisotopic (exact) mass is 563 g/mol. The van der Waals surface area contributed by atoms with Gasteiger partial charge in [-0.1, -0.05) is 29.3 Å². The zero-order chi connectivity index (χ0) is 26.9. The number of para-hydroxylation sites is 1. The number of piperidine rings is 1. The van der Waals surface area contributed by atoms with Crippen molar-refractivity contribution in [1.82, 2.24) is 14.9 Å². The quantitative estimate of drug-likeness (QED) is 0.473. The second-order valence-electron chi connectivity index (χ2n) is 10.5. The maximum atomic E-state index is 13.7. The van der Waals surface area contributed by atoms with Crippen LogP contribution in [0.15, 0.2) is 41.5 Å². The van der Waals surface area contributed by atoms with E-state index in [1.165, 1.54) is 21.6 Å². The number of guanidine groups is 1. The van der Waals surface area contributed by atoms with E-state index < -0.39 is 0 Å². The first-order valence-corrected chi connectivity index (χ1v) is 13.8. The SMILES string of the molecule is Cc1cc(Nc2ncc3c(n2)N2CCN=C2N(c2c(Cl)cccc2Cl)C3=O)cc2c1C1(CCN(C)CC1)OC2. The Bertz CT molecular complexity index is 1530. The van der Waals surface area contributed by atoms with Crippen LogP contribution in [0.2, 0.25) is 10.0 Å². The second-order valence-corrected chi connectivity index (χ2v) is 11.3. The first-order chi connectivity index (χ1) is 18.8. The summed E-state index contributed by atoms with van der Waals surface area (Å²) in [7, 11) is 2.16. The molecule has 0 unspecified atom stereocenters. The van der Waals surface area contributed by atoms with Gasteiger partial charge >= 0.3 is 0 Å². The summed E-state index contributed by atoms with van der Waals surface area (Å²) in [5, 5.41) is 4.09. The number of nitrogens with zero attached hydrogens (tertiary/aromatic N) is 6. The number of rotatable bonds is 3. The van der Waals surface area contributed by atoms with Gasteiger partial charge < -0.3 is 15.0 Å². The van der Waals surface area contributed by atoms with Gasteiger partial charge in [0, 0.05) is 31.5 Å². The van der Waals surface area contributed by atoms with E-state index in [0.717, 1.165) is 31.6 Å². The summed E-state index contributed by atoms with van der Waals surface area (Å²) < 4.78 is 6.42. The minimum absolute atomic E-state index is 0.185. The van der Waals surface area contributed by atoms with Crippen molar-refractivity contribution >= 4 is 58.2 Å². The lowest BCUT2D eigenvalue weighted by Gasteiger charge is -2.38. The molecule has 39 heavy (non-hydrogen) atoms. The number of likely N-dealkylation sites (tertiary alicyclic amines) is 1. The Labute approximate surface area is 236 Å². The fourth-order valence-electron chi connectivity index (χ4n) is 6.22. The Morgan fingerprint density at radius 3 is 2.64 bits per heavy atom. The van der Waals surface area contributed by atoms with Crippen molar-refractivity contribution in [3.05, 3.63) is 68.8 Å². The van der Waals surface area contributed by atoms with Crippen LogP contribution < -0.4 is 15.1 Å². The van der Waals surface area contributed by atoms with E-state index in [1.54, 1.807) is 24.4 Å². The maximum Gasteiger partial charge on any atom is 0.270 e. The summed E-state index contributed by atoms with van der Waals surface area (Å²) in [5.74, 6) is 1.06. The van der Waals surface area contributed by atoms with E-state index in [-0.39, 0.29) is 11.5 Å². The lowest BCUT2D eigenvalue weighted by Crippen LogP contribution is -2.51. The van der Waals surface area contributed by atoms with Crippen molar-refractivity contribution in [3.8, 4) is 0 Å². The van der Waals surface area contributed by atoms with Crippen LogP contribution in [-0.2, 0) is 16.9 Å². The van der Waals surface area contributed by atoms with Crippen LogP contribution in [-0.4, -0.2) is 60.0 Å². The average molecular weight is 564 g/mol. The summed E-state index contributed by atoms with van der Waals surface area (Å²) in [6.07, 6.45) is 3.56. The van der Waals surface area contributed by atoms with Gasteiger partial charge in [-0.2, -0.15) is 4.98 Å². The fraction of sp³-hybridized carbons (Fsp3) is 0.357. The molecule has 1 fully saturated rings. The number of aliphatic imine (C=N–C) groups is 1. The lowest BCUT2D eigenvalue weighted by atomic mass is 9.81. The third kappa shape index (κ3) is 3.90. The standard InChI is InChI=1S/C28H27Cl2N7O2/c1-16-12-18(13-17-15-39-28(22(16)17)6-9-35(2)10-7-28)33-26-32-14-19-24(34-26)36-11-8-31-27(36)37(25(19)38)23-20(29)4-3-5-21(23)30/h3-5,12-14H,6-11,15H2,1-2H3,(H,32,33,34). The maximum absolute atomic E-state index is 13.7. The molecule has 1 saturated heterocycles. The summed E-state index contributed by atoms with van der Waals surface area (Å²) in [6, 6.07) is 9.41. The number of halogens is 2. The van der Waals surface area contributed by atoms with Gasteiger partial charge in [-0.25, -0.2) is 9.88 Å². The van der Waals surface area contributed by atoms with E-state index in [0.29, 0.717) is 58.7 Å². The molecule has 5 heterocycles. The van der Waals surface area contributed by atoms with Crippen molar-refractivity contribution in [3.63, 3.8) is 0 Å². The highest BCUT2D eigenvalue weighted by molar-refractivity contribution is 6.43. The molecule has 0 bridgehead atoms. The number of nitrogens with one attached hydrogen (secondary N) is 1. The number of hydrogen-bond donors (Lipinski definition) is 1. The van der Waals surface area contributed by atoms with E-state index in [4.69, 9.17) is 32.9 Å². The number of fused-ring (bicyclic) bond motifs is 5. The molecule has 11 heteroatoms. The molecule has 3 aromatic rings. The Kier molecular flexibility index (Phi) is 5.82. The first-order valence-electron chi connectivity index (χ1n) is 13.1. The number of hydrogen-bond acceptors (Lipinski definition) is 8. The van der Waals surface area contributed by atoms with Crippen molar-refractivity contribution in [1.29, 1.82) is 0 Å². The smallest absolute Gasteiger partial charge is 0.270 e. The van der Waals surface area contributed by atoms with E-state index in [9.17, 15) is 4.79 Å². The number of ether oxygens (including phenoxy) is 1. The zero-order valence-corrected chi connectivity index (χ0v) is 23.2. The van der Waals surface area contributed by atoms with Crippen LogP contribution in [0.25, 0.3) is 0 Å². The highest BCUT2D eigenvalue weighted by Crippen LogP contribution is 2.47. The molecule has 0 saturated carbocycles. The normalized spacial score (nSPS) is 19.7. The van der Waals surface area contributed by atoms with Gasteiger partial charge in [0.25, 0.3) is 5.91 Å². The molecular weight excluding hydrogens is 537 g/mol. The Balaban J connectivity index is 1.21. The van der Waals surface area contributed by atoms with Crippen LogP contribution >= 0.6 is 23.2 Å². The highest BCUT2D eigenvalue weighted by atomic mass is 35.5. The van der Waals surface area contributed by atoms with Gasteiger partial charge in [-0.05, 0) is 67.8 Å². The van der Waals surface area contributed by atoms with E-state index in [2.05, 4.69) is 46.3 Å². The molecule has 0 aliphatic carbocycles. The van der Waals surface area contributed by atoms with Crippen LogP contribution in [0, 0.1) is 6.92 Å². The Morgan fingerprint density at radius 1 is 1.10 bits per heavy atom. The van der Waals surface area contributed by atoms with Crippen molar-refractivity contribution in [2.24, 2.45) is 4.99 Å². The Morgan fingerprint density at radius 2 is 1.87 bits per heavy atom. The molecular formula is C28H27Cl2N7O2. The van der Waals surface area contributed by atoms with Crippen molar-refractivity contribution in [2.45, 2.75) is 32.0 Å². The molecule has 0 radical (unpaired) electrons. The van der Waals surface area contributed by atoms with Crippen LogP contribution in [0.3, 0.4) is 0 Å². The molecule has 4 aliphatic heterocycles. The topological polar surface area (TPSA) is 86.2 Å². The first kappa shape index (κ1) is 24.8. The van der Waals surface area contributed by atoms with Gasteiger partial charge in [-0.15, -0.1) is 0 Å². The van der Waals surface area contributed by atoms with Crippen molar-refractivity contribution in [2.75, 3.05) is 48.3 Å². The molecule has 2 aromatic carbocycles. The number of aromatic nitrogens is 2. The third-order valence-corrected chi connectivity index (χ3v) is 8.67. The molecule has 0 atom stereocenters. The number of aryl methyl sites for hydroxylation is 1. The predicted octanol–water partition coefficient (Wildman–Crippen LogP) is 5.12. The van der Waals surface area contributed by atoms with Gasteiger partial charge in [-0.3, -0.25) is 14.7 Å². The molecule has 1 spiro atoms. The number of anilines is 4. The fourth-order valence-corrected chi connectivity index (χ4v) is 6.79. The summed E-state index contributed by atoms with van der Waals surface area (Å²) in [4.78, 5) is 33.2. The van der Waals surface area contributed by atoms with Crippen LogP contribution in [0.5, 0.6) is 0 Å². The number of carbonyl (C=O) groups is 1. The molecule has 1 N–H and O–H groups in total. The average Bonchev–Trinajstić information content (AvgIpc) is 3.53. The van der Waals surface area contributed by atoms with Gasteiger partial charge in [0.05, 0.1) is 34.5 Å². The highest BCUT2D eigenvalue weighted by Gasteiger charge is 2.44. The van der Waals surface area contributed by atoms with Crippen LogP contribution in [0.4, 0.5) is 23.1 Å². The van der Waals surface area contributed by atoms with Crippen LogP contribution in [0.1, 0.15) is 39.9 Å². The third-order valence-electron chi connectivity index (χ3n) is 8.06. The van der Waals surface area contributed by atoms with Gasteiger partial charge in [0.2, 0.25) is 11.9 Å². The molecule has 1 aromatic heterocycles. The molecule has 4 aliphatic rings. The summed E-state index contributed by atoms with van der Waals surface area (Å²) in [5.41, 5.74) is 5.20. The summed E-state index contributed by atoms with van der Waals surface area (Å²) in [6.45, 7) is 5.91. The molecule has 7 rings (SSSR count). The largest absolute Gasteiger partial charge is 0.365 e. The summed E-state index contributed by atoms with van der Waals surface area (Å²) >= 11 is 12.9. The zero-order valence-electron chi connectivity index (χ0n) is 21.7. The van der Waals surface area contributed by atoms with Gasteiger partial charge in [0.1, 0.15) is 5.56 Å². The van der Waals surface area contributed by atoms with E-state index in [1.807, 2.05) is 4.90 Å². The van der Waals surface area contributed by atoms with Gasteiger partial charge in [0.15, 0.2) is 5.82 Å². The second kappa shape index (κ2) is 9.16. The minimum atomic E-state index is -0.322. The number of carbonyl (C=O) groups excluding carboxylic acids is 1. The Hall–Kier alpha value is -3.24. The molecule has 9 nitrogen and oxygen atoms in total. The number of benzene rings is 2. The van der Waals surface area contributed by atoms with E-state index >= 15 is 0 Å². The minimum Gasteiger partial charge on any atom is -0.365 e. The number of amides is 1. The van der Waals surface area contributed by atoms with Crippen molar-refractivity contribution < 1.29 is 9.53 Å². The predicted molar refractivity (Wildman–Crippen MR) is 153 cm³/mol. The lowest BCUT2D eigenvalue weighted by molar-refractivity contribution is -0.0757. The molecule has 200 valence electrons.